The number of aromatic nitrogens is 2. The topological polar surface area (TPSA) is 76.3 Å². The maximum atomic E-state index is 13.1. The van der Waals surface area contributed by atoms with Gasteiger partial charge in [0.1, 0.15) is 5.82 Å². The molecule has 1 fully saturated rings. The van der Waals surface area contributed by atoms with E-state index >= 15 is 0 Å². The molecule has 28 heavy (non-hydrogen) atoms. The number of sulfonamides is 1. The Morgan fingerprint density at radius 3 is 2.54 bits per heavy atom. The van der Waals surface area contributed by atoms with Gasteiger partial charge in [-0.05, 0) is 44.0 Å². The molecule has 0 bridgehead atoms. The third-order valence-corrected chi connectivity index (χ3v) is 6.82. The second-order valence-electron chi connectivity index (χ2n) is 6.98. The lowest BCUT2D eigenvalue weighted by atomic mass is 10.00. The Labute approximate surface area is 163 Å². The summed E-state index contributed by atoms with van der Waals surface area (Å²) in [6.45, 7) is 2.67. The van der Waals surface area contributed by atoms with Gasteiger partial charge < -0.3 is 4.52 Å². The Kier molecular flexibility index (Phi) is 4.99. The zero-order valence-corrected chi connectivity index (χ0v) is 16.2. The lowest BCUT2D eigenvalue weighted by Gasteiger charge is -2.30. The summed E-state index contributed by atoms with van der Waals surface area (Å²) in [7, 11) is -3.69. The van der Waals surface area contributed by atoms with E-state index in [2.05, 4.69) is 10.1 Å². The number of nitrogens with zero attached hydrogens (tertiary/aromatic N) is 3. The molecule has 0 N–H and O–H groups in total. The summed E-state index contributed by atoms with van der Waals surface area (Å²) in [6, 6.07) is 12.7. The minimum atomic E-state index is -3.69. The molecule has 0 aliphatic carbocycles. The van der Waals surface area contributed by atoms with Crippen molar-refractivity contribution in [3.05, 3.63) is 65.8 Å². The van der Waals surface area contributed by atoms with Gasteiger partial charge in [-0.25, -0.2) is 12.8 Å². The van der Waals surface area contributed by atoms with E-state index in [0.717, 1.165) is 29.7 Å². The van der Waals surface area contributed by atoms with Crippen molar-refractivity contribution in [3.63, 3.8) is 0 Å². The summed E-state index contributed by atoms with van der Waals surface area (Å²) in [6.07, 6.45) is 1.46. The van der Waals surface area contributed by atoms with Crippen molar-refractivity contribution < 1.29 is 17.3 Å². The molecule has 1 atom stereocenters. The molecule has 4 rings (SSSR count). The molecule has 0 radical (unpaired) electrons. The van der Waals surface area contributed by atoms with E-state index in [1.807, 2.05) is 31.2 Å². The average molecular weight is 401 g/mol. The van der Waals surface area contributed by atoms with Crippen LogP contribution >= 0.6 is 0 Å². The summed E-state index contributed by atoms with van der Waals surface area (Å²) < 4.78 is 45.7. The Balaban J connectivity index is 1.54. The number of rotatable bonds is 4. The largest absolute Gasteiger partial charge is 0.339 e. The van der Waals surface area contributed by atoms with Gasteiger partial charge >= 0.3 is 0 Å². The van der Waals surface area contributed by atoms with Gasteiger partial charge in [0.05, 0.1) is 10.8 Å². The average Bonchev–Trinajstić information content (AvgIpc) is 3.19. The fraction of sp³-hybridized carbons (Fsp3) is 0.300. The van der Waals surface area contributed by atoms with Crippen LogP contribution < -0.4 is 0 Å². The molecule has 1 aromatic heterocycles. The first kappa shape index (κ1) is 18.8. The normalized spacial score (nSPS) is 18.3. The van der Waals surface area contributed by atoms with Crippen LogP contribution in [0.25, 0.3) is 11.4 Å². The highest BCUT2D eigenvalue weighted by atomic mass is 32.2. The fourth-order valence-corrected chi connectivity index (χ4v) is 4.86. The first-order valence-corrected chi connectivity index (χ1v) is 10.5. The monoisotopic (exact) mass is 401 g/mol. The number of hydrogen-bond acceptors (Lipinski definition) is 5. The molecule has 1 saturated heterocycles. The van der Waals surface area contributed by atoms with Crippen LogP contribution in [0.3, 0.4) is 0 Å². The second-order valence-corrected chi connectivity index (χ2v) is 8.92. The minimum absolute atomic E-state index is 0.0837. The van der Waals surface area contributed by atoms with E-state index in [9.17, 15) is 12.8 Å². The van der Waals surface area contributed by atoms with E-state index in [4.69, 9.17) is 4.52 Å². The molecule has 0 unspecified atom stereocenters. The van der Waals surface area contributed by atoms with Crippen molar-refractivity contribution >= 4 is 10.0 Å². The zero-order chi connectivity index (χ0) is 19.7. The van der Waals surface area contributed by atoms with E-state index < -0.39 is 15.8 Å². The Hall–Kier alpha value is -2.58. The molecule has 1 aliphatic rings. The molecule has 3 aromatic rings. The molecule has 2 aromatic carbocycles. The van der Waals surface area contributed by atoms with Gasteiger partial charge in [-0.3, -0.25) is 0 Å². The van der Waals surface area contributed by atoms with Crippen molar-refractivity contribution in [2.75, 3.05) is 13.1 Å². The van der Waals surface area contributed by atoms with Crippen LogP contribution in [-0.4, -0.2) is 36.0 Å². The Morgan fingerprint density at radius 1 is 1.11 bits per heavy atom. The Morgan fingerprint density at radius 2 is 1.82 bits per heavy atom. The van der Waals surface area contributed by atoms with Crippen LogP contribution in [-0.2, 0) is 10.0 Å². The third kappa shape index (κ3) is 3.70. The first-order chi connectivity index (χ1) is 13.4. The fourth-order valence-electron chi connectivity index (χ4n) is 3.34. The maximum Gasteiger partial charge on any atom is 0.243 e. The highest BCUT2D eigenvalue weighted by Gasteiger charge is 2.33. The van der Waals surface area contributed by atoms with Gasteiger partial charge in [-0.2, -0.15) is 9.29 Å². The van der Waals surface area contributed by atoms with Gasteiger partial charge in [0.25, 0.3) is 0 Å². The lowest BCUT2D eigenvalue weighted by Crippen LogP contribution is -2.39. The summed E-state index contributed by atoms with van der Waals surface area (Å²) in [5.41, 5.74) is 1.99. The highest BCUT2D eigenvalue weighted by molar-refractivity contribution is 7.89. The Bertz CT molecular complexity index is 1060. The van der Waals surface area contributed by atoms with Crippen LogP contribution in [0.5, 0.6) is 0 Å². The van der Waals surface area contributed by atoms with E-state index in [0.29, 0.717) is 24.7 Å². The number of piperidine rings is 1. The quantitative estimate of drug-likeness (QED) is 0.665. The smallest absolute Gasteiger partial charge is 0.243 e. The molecule has 2 heterocycles. The number of halogens is 1. The van der Waals surface area contributed by atoms with Crippen molar-refractivity contribution in [3.8, 4) is 11.4 Å². The van der Waals surface area contributed by atoms with Gasteiger partial charge in [0, 0.05) is 18.7 Å². The van der Waals surface area contributed by atoms with Crippen molar-refractivity contribution in [2.45, 2.75) is 30.6 Å². The second kappa shape index (κ2) is 7.44. The molecule has 146 valence electrons. The summed E-state index contributed by atoms with van der Waals surface area (Å²) in [5, 5.41) is 4.05. The van der Waals surface area contributed by atoms with Crippen LogP contribution in [0.1, 0.15) is 30.2 Å². The molecule has 1 aliphatic heterocycles. The van der Waals surface area contributed by atoms with Gasteiger partial charge in [-0.15, -0.1) is 0 Å². The standard InChI is InChI=1S/C20H20FN3O3S/c1-14-4-6-15(7-5-14)19-22-20(27-23-19)16-3-2-12-24(13-16)28(25,26)18-10-8-17(21)9-11-18/h4-11,16H,2-3,12-13H2,1H3/t16-/m0/s1. The predicted molar refractivity (Wildman–Crippen MR) is 102 cm³/mol. The van der Waals surface area contributed by atoms with Crippen LogP contribution in [0.15, 0.2) is 57.9 Å². The van der Waals surface area contributed by atoms with Crippen LogP contribution in [0.4, 0.5) is 4.39 Å². The summed E-state index contributed by atoms with van der Waals surface area (Å²) in [5.74, 6) is 0.295. The van der Waals surface area contributed by atoms with E-state index in [-0.39, 0.29) is 17.4 Å². The molecule has 6 nitrogen and oxygen atoms in total. The molecular formula is C20H20FN3O3S. The zero-order valence-electron chi connectivity index (χ0n) is 15.4. The number of hydrogen-bond donors (Lipinski definition) is 0. The number of aryl methyl sites for hydroxylation is 1. The molecule has 0 amide bonds. The van der Waals surface area contributed by atoms with Gasteiger partial charge in [0.2, 0.25) is 21.7 Å². The van der Waals surface area contributed by atoms with Gasteiger partial charge in [0.15, 0.2) is 0 Å². The van der Waals surface area contributed by atoms with Crippen LogP contribution in [0, 0.1) is 12.7 Å². The lowest BCUT2D eigenvalue weighted by molar-refractivity contribution is 0.265. The van der Waals surface area contributed by atoms with Crippen molar-refractivity contribution in [1.29, 1.82) is 0 Å². The predicted octanol–water partition coefficient (Wildman–Crippen LogP) is 3.75. The van der Waals surface area contributed by atoms with Crippen LogP contribution in [0.2, 0.25) is 0 Å². The first-order valence-electron chi connectivity index (χ1n) is 9.10. The summed E-state index contributed by atoms with van der Waals surface area (Å²) in [4.78, 5) is 4.57. The highest BCUT2D eigenvalue weighted by Crippen LogP contribution is 2.30. The van der Waals surface area contributed by atoms with Gasteiger partial charge in [-0.1, -0.05) is 35.0 Å². The van der Waals surface area contributed by atoms with E-state index in [1.54, 1.807) is 0 Å². The molecule has 0 spiro atoms. The molecule has 8 heteroatoms. The summed E-state index contributed by atoms with van der Waals surface area (Å²) >= 11 is 0. The van der Waals surface area contributed by atoms with Crippen molar-refractivity contribution in [2.24, 2.45) is 0 Å². The number of benzene rings is 2. The van der Waals surface area contributed by atoms with E-state index in [1.165, 1.54) is 16.4 Å². The third-order valence-electron chi connectivity index (χ3n) is 4.94. The SMILES string of the molecule is Cc1ccc(-c2noc([C@H]3CCCN(S(=O)(=O)c4ccc(F)cc4)C3)n2)cc1. The van der Waals surface area contributed by atoms with Crippen molar-refractivity contribution in [1.82, 2.24) is 14.4 Å². The maximum absolute atomic E-state index is 13.1. The molecule has 0 saturated carbocycles. The minimum Gasteiger partial charge on any atom is -0.339 e. The molecular weight excluding hydrogens is 381 g/mol.